The Hall–Kier alpha value is -0.120. The highest BCUT2D eigenvalue weighted by Crippen LogP contribution is 2.30. The molecule has 3 unspecified atom stereocenters. The average molecular weight is 227 g/mol. The van der Waals surface area contributed by atoms with Gasteiger partial charge in [0.1, 0.15) is 0 Å². The van der Waals surface area contributed by atoms with E-state index in [1.807, 2.05) is 0 Å². The Morgan fingerprint density at radius 2 is 2.19 bits per heavy atom. The summed E-state index contributed by atoms with van der Waals surface area (Å²) in [6.45, 7) is 4.51. The molecule has 1 saturated heterocycles. The van der Waals surface area contributed by atoms with Gasteiger partial charge < -0.3 is 15.2 Å². The van der Waals surface area contributed by atoms with E-state index in [-0.39, 0.29) is 6.10 Å². The normalized spacial score (nSPS) is 30.0. The van der Waals surface area contributed by atoms with Crippen molar-refractivity contribution in [1.82, 2.24) is 5.32 Å². The number of hydrogen-bond acceptors (Lipinski definition) is 3. The van der Waals surface area contributed by atoms with Crippen LogP contribution in [0.2, 0.25) is 0 Å². The Kier molecular flexibility index (Phi) is 4.62. The van der Waals surface area contributed by atoms with Crippen molar-refractivity contribution in [3.05, 3.63) is 0 Å². The lowest BCUT2D eigenvalue weighted by Crippen LogP contribution is -2.39. The summed E-state index contributed by atoms with van der Waals surface area (Å²) in [6.07, 6.45) is 6.29. The van der Waals surface area contributed by atoms with E-state index in [4.69, 9.17) is 4.74 Å². The second-order valence-corrected chi connectivity index (χ2v) is 5.53. The first-order valence-electron chi connectivity index (χ1n) is 6.75. The molecule has 1 aliphatic carbocycles. The van der Waals surface area contributed by atoms with Crippen LogP contribution >= 0.6 is 0 Å². The molecule has 1 saturated carbocycles. The van der Waals surface area contributed by atoms with Gasteiger partial charge in [0.25, 0.3) is 0 Å². The molecule has 2 N–H and O–H groups in total. The fraction of sp³-hybridized carbons (Fsp3) is 1.00. The average Bonchev–Trinajstić information content (AvgIpc) is 2.73. The lowest BCUT2D eigenvalue weighted by molar-refractivity contribution is 0.0873. The maximum Gasteiger partial charge on any atom is 0.0715 e. The topological polar surface area (TPSA) is 41.5 Å². The van der Waals surface area contributed by atoms with Crippen LogP contribution in [0.25, 0.3) is 0 Å². The number of ether oxygens (including phenoxy) is 1. The van der Waals surface area contributed by atoms with Gasteiger partial charge in [-0.05, 0) is 25.7 Å². The van der Waals surface area contributed by atoms with Crippen LogP contribution in [0.3, 0.4) is 0 Å². The molecule has 0 spiro atoms. The van der Waals surface area contributed by atoms with E-state index >= 15 is 0 Å². The van der Waals surface area contributed by atoms with Crippen LogP contribution in [0.4, 0.5) is 0 Å². The number of aliphatic hydroxyl groups is 1. The predicted molar refractivity (Wildman–Crippen MR) is 64.4 cm³/mol. The monoisotopic (exact) mass is 227 g/mol. The Morgan fingerprint density at radius 3 is 2.75 bits per heavy atom. The molecule has 0 bridgehead atoms. The minimum absolute atomic E-state index is 0.230. The van der Waals surface area contributed by atoms with E-state index in [1.54, 1.807) is 0 Å². The van der Waals surface area contributed by atoms with Gasteiger partial charge in [-0.25, -0.2) is 0 Å². The van der Waals surface area contributed by atoms with E-state index in [0.717, 1.165) is 32.1 Å². The molecule has 0 aromatic heterocycles. The third-order valence-electron chi connectivity index (χ3n) is 4.10. The van der Waals surface area contributed by atoms with Crippen LogP contribution in [0.15, 0.2) is 0 Å². The van der Waals surface area contributed by atoms with Gasteiger partial charge in [0.05, 0.1) is 12.7 Å². The van der Waals surface area contributed by atoms with Gasteiger partial charge in [-0.3, -0.25) is 0 Å². The molecule has 2 aliphatic rings. The van der Waals surface area contributed by atoms with Gasteiger partial charge in [-0.1, -0.05) is 19.3 Å². The van der Waals surface area contributed by atoms with Gasteiger partial charge in [0, 0.05) is 25.1 Å². The highest BCUT2D eigenvalue weighted by atomic mass is 16.5. The zero-order valence-corrected chi connectivity index (χ0v) is 10.3. The van der Waals surface area contributed by atoms with E-state index in [1.165, 1.54) is 25.7 Å². The molecule has 94 valence electrons. The smallest absolute Gasteiger partial charge is 0.0715 e. The Morgan fingerprint density at radius 1 is 1.38 bits per heavy atom. The highest BCUT2D eigenvalue weighted by molar-refractivity contribution is 4.78. The summed E-state index contributed by atoms with van der Waals surface area (Å²) in [5.41, 5.74) is 0. The summed E-state index contributed by atoms with van der Waals surface area (Å²) in [4.78, 5) is 0. The van der Waals surface area contributed by atoms with Crippen molar-refractivity contribution in [2.75, 3.05) is 19.8 Å². The molecule has 16 heavy (non-hydrogen) atoms. The van der Waals surface area contributed by atoms with Gasteiger partial charge in [-0.15, -0.1) is 0 Å². The van der Waals surface area contributed by atoms with Gasteiger partial charge in [0.2, 0.25) is 0 Å². The number of aliphatic hydroxyl groups excluding tert-OH is 1. The first kappa shape index (κ1) is 12.3. The minimum atomic E-state index is -0.230. The van der Waals surface area contributed by atoms with Crippen molar-refractivity contribution in [1.29, 1.82) is 0 Å². The molecule has 0 aromatic rings. The van der Waals surface area contributed by atoms with Crippen molar-refractivity contribution in [3.8, 4) is 0 Å². The molecule has 0 aromatic carbocycles. The highest BCUT2D eigenvalue weighted by Gasteiger charge is 2.25. The minimum Gasteiger partial charge on any atom is -0.391 e. The van der Waals surface area contributed by atoms with Gasteiger partial charge >= 0.3 is 0 Å². The lowest BCUT2D eigenvalue weighted by Gasteiger charge is -2.29. The SMILES string of the molecule is CC(CC1CCC1)NCC(O)C1CCOC1. The number of nitrogens with one attached hydrogen (secondary N) is 1. The maximum atomic E-state index is 9.96. The van der Waals surface area contributed by atoms with Gasteiger partial charge in [-0.2, -0.15) is 0 Å². The molecule has 0 radical (unpaired) electrons. The summed E-state index contributed by atoms with van der Waals surface area (Å²) in [5.74, 6) is 1.29. The summed E-state index contributed by atoms with van der Waals surface area (Å²) in [6, 6.07) is 0.544. The largest absolute Gasteiger partial charge is 0.391 e. The Bertz CT molecular complexity index is 200. The number of rotatable bonds is 6. The van der Waals surface area contributed by atoms with Crippen LogP contribution in [0.5, 0.6) is 0 Å². The zero-order valence-electron chi connectivity index (χ0n) is 10.3. The molecular weight excluding hydrogens is 202 g/mol. The second kappa shape index (κ2) is 5.99. The third-order valence-corrected chi connectivity index (χ3v) is 4.10. The summed E-state index contributed by atoms with van der Waals surface area (Å²) in [7, 11) is 0. The Labute approximate surface area is 98.6 Å². The maximum absolute atomic E-state index is 9.96. The zero-order chi connectivity index (χ0) is 11.4. The van der Waals surface area contributed by atoms with Crippen LogP contribution < -0.4 is 5.32 Å². The molecule has 3 atom stereocenters. The van der Waals surface area contributed by atoms with Crippen molar-refractivity contribution >= 4 is 0 Å². The molecule has 2 fully saturated rings. The van der Waals surface area contributed by atoms with Crippen molar-refractivity contribution in [2.45, 2.75) is 51.2 Å². The predicted octanol–water partition coefficient (Wildman–Crippen LogP) is 1.55. The standard InChI is InChI=1S/C13H25NO2/c1-10(7-11-3-2-4-11)14-8-13(15)12-5-6-16-9-12/h10-15H,2-9H2,1H3. The Balaban J connectivity index is 1.57. The van der Waals surface area contributed by atoms with Crippen molar-refractivity contribution in [3.63, 3.8) is 0 Å². The lowest BCUT2D eigenvalue weighted by atomic mass is 9.81. The first-order chi connectivity index (χ1) is 7.75. The van der Waals surface area contributed by atoms with E-state index < -0.39 is 0 Å². The third kappa shape index (κ3) is 3.44. The van der Waals surface area contributed by atoms with Crippen LogP contribution in [0, 0.1) is 11.8 Å². The van der Waals surface area contributed by atoms with E-state index in [0.29, 0.717) is 12.0 Å². The fourth-order valence-electron chi connectivity index (χ4n) is 2.66. The molecule has 1 aliphatic heterocycles. The van der Waals surface area contributed by atoms with Crippen LogP contribution in [-0.4, -0.2) is 37.0 Å². The second-order valence-electron chi connectivity index (χ2n) is 5.53. The molecule has 3 nitrogen and oxygen atoms in total. The number of hydrogen-bond donors (Lipinski definition) is 2. The van der Waals surface area contributed by atoms with Crippen LogP contribution in [0.1, 0.15) is 39.0 Å². The van der Waals surface area contributed by atoms with Crippen LogP contribution in [-0.2, 0) is 4.74 Å². The summed E-state index contributed by atoms with van der Waals surface area (Å²) >= 11 is 0. The molecule has 3 heteroatoms. The fourth-order valence-corrected chi connectivity index (χ4v) is 2.66. The first-order valence-corrected chi connectivity index (χ1v) is 6.75. The quantitative estimate of drug-likeness (QED) is 0.723. The van der Waals surface area contributed by atoms with Crippen molar-refractivity contribution < 1.29 is 9.84 Å². The van der Waals surface area contributed by atoms with E-state index in [9.17, 15) is 5.11 Å². The van der Waals surface area contributed by atoms with E-state index in [2.05, 4.69) is 12.2 Å². The molecule has 0 amide bonds. The summed E-state index contributed by atoms with van der Waals surface area (Å²) in [5, 5.41) is 13.4. The molecule has 2 rings (SSSR count). The van der Waals surface area contributed by atoms with Gasteiger partial charge in [0.15, 0.2) is 0 Å². The molecular formula is C13H25NO2. The van der Waals surface area contributed by atoms with Crippen molar-refractivity contribution in [2.24, 2.45) is 11.8 Å². The molecule has 1 heterocycles. The summed E-state index contributed by atoms with van der Waals surface area (Å²) < 4.78 is 5.29.